The van der Waals surface area contributed by atoms with Crippen LogP contribution in [0.25, 0.3) is 10.8 Å². The summed E-state index contributed by atoms with van der Waals surface area (Å²) in [5.74, 6) is 0.622. The number of hydrogen-bond acceptors (Lipinski definition) is 1. The molecule has 0 saturated heterocycles. The molecule has 3 heteroatoms. The van der Waals surface area contributed by atoms with Crippen LogP contribution in [-0.2, 0) is 11.3 Å². The summed E-state index contributed by atoms with van der Waals surface area (Å²) in [6.07, 6.45) is 0. The normalized spacial score (nSPS) is 12.6. The second-order valence-electron chi connectivity index (χ2n) is 6.19. The van der Waals surface area contributed by atoms with Crippen LogP contribution in [0.1, 0.15) is 19.4 Å². The van der Waals surface area contributed by atoms with Gasteiger partial charge in [0.25, 0.3) is 5.91 Å². The topological polar surface area (TPSA) is 33.5 Å². The first-order chi connectivity index (χ1) is 10.0. The van der Waals surface area contributed by atoms with Crippen LogP contribution in [0.2, 0.25) is 0 Å². The van der Waals surface area contributed by atoms with E-state index in [0.29, 0.717) is 12.5 Å². The van der Waals surface area contributed by atoms with E-state index in [1.54, 1.807) is 0 Å². The van der Waals surface area contributed by atoms with Crippen LogP contribution in [0.15, 0.2) is 42.5 Å². The van der Waals surface area contributed by atoms with Crippen molar-refractivity contribution in [3.63, 3.8) is 0 Å². The van der Waals surface area contributed by atoms with Crippen LogP contribution in [0.4, 0.5) is 0 Å². The Hall–Kier alpha value is -1.87. The van der Waals surface area contributed by atoms with E-state index < -0.39 is 0 Å². The van der Waals surface area contributed by atoms with E-state index in [2.05, 4.69) is 68.7 Å². The zero-order chi connectivity index (χ0) is 15.2. The number of likely N-dealkylation sites (N-methyl/N-ethyl adjacent to an activating group) is 1. The van der Waals surface area contributed by atoms with Gasteiger partial charge in [-0.3, -0.25) is 4.79 Å². The van der Waals surface area contributed by atoms with Crippen molar-refractivity contribution < 1.29 is 9.69 Å². The van der Waals surface area contributed by atoms with E-state index in [9.17, 15) is 4.79 Å². The van der Waals surface area contributed by atoms with Gasteiger partial charge in [0, 0.05) is 12.1 Å². The van der Waals surface area contributed by atoms with E-state index in [-0.39, 0.29) is 5.91 Å². The summed E-state index contributed by atoms with van der Waals surface area (Å²) in [6, 6.07) is 14.9. The van der Waals surface area contributed by atoms with Crippen molar-refractivity contribution in [3.05, 3.63) is 48.0 Å². The van der Waals surface area contributed by atoms with Crippen LogP contribution in [0.3, 0.4) is 0 Å². The summed E-state index contributed by atoms with van der Waals surface area (Å²) in [6.45, 7) is 6.33. The zero-order valence-electron chi connectivity index (χ0n) is 13.1. The smallest absolute Gasteiger partial charge is 0.275 e. The van der Waals surface area contributed by atoms with Crippen LogP contribution in [0, 0.1) is 5.92 Å². The molecule has 0 bridgehead atoms. The number of benzene rings is 2. The predicted octanol–water partition coefficient (Wildman–Crippen LogP) is 1.63. The number of hydrogen-bond donors (Lipinski definition) is 2. The maximum atomic E-state index is 11.8. The molecule has 1 unspecified atom stereocenters. The molecule has 0 spiro atoms. The molecule has 2 aromatic carbocycles. The number of rotatable bonds is 6. The van der Waals surface area contributed by atoms with Gasteiger partial charge in [0.15, 0.2) is 6.54 Å². The molecule has 0 fully saturated rings. The van der Waals surface area contributed by atoms with Crippen molar-refractivity contribution in [1.29, 1.82) is 0 Å². The fourth-order valence-corrected chi connectivity index (χ4v) is 2.41. The lowest BCUT2D eigenvalue weighted by Gasteiger charge is -2.15. The molecule has 0 aromatic heterocycles. The maximum absolute atomic E-state index is 11.8. The fraction of sp³-hybridized carbons (Fsp3) is 0.389. The Bertz CT molecular complexity index is 607. The summed E-state index contributed by atoms with van der Waals surface area (Å²) in [5, 5.41) is 5.48. The summed E-state index contributed by atoms with van der Waals surface area (Å²) in [4.78, 5) is 13.0. The first-order valence-corrected chi connectivity index (χ1v) is 7.60. The lowest BCUT2D eigenvalue weighted by atomic mass is 10.1. The monoisotopic (exact) mass is 285 g/mol. The van der Waals surface area contributed by atoms with Gasteiger partial charge in [-0.25, -0.2) is 0 Å². The highest BCUT2D eigenvalue weighted by atomic mass is 16.2. The molecule has 0 aliphatic carbocycles. The lowest BCUT2D eigenvalue weighted by Crippen LogP contribution is -3.08. The van der Waals surface area contributed by atoms with Crippen LogP contribution in [-0.4, -0.2) is 26.0 Å². The molecule has 0 saturated carbocycles. The van der Waals surface area contributed by atoms with Gasteiger partial charge in [-0.1, -0.05) is 50.2 Å². The molecule has 1 atom stereocenters. The van der Waals surface area contributed by atoms with E-state index >= 15 is 0 Å². The Morgan fingerprint density at radius 3 is 2.57 bits per heavy atom. The first-order valence-electron chi connectivity index (χ1n) is 7.60. The number of quaternary nitrogens is 1. The van der Waals surface area contributed by atoms with Crippen molar-refractivity contribution in [3.8, 4) is 0 Å². The fourth-order valence-electron chi connectivity index (χ4n) is 2.41. The van der Waals surface area contributed by atoms with Gasteiger partial charge < -0.3 is 10.2 Å². The molecule has 0 radical (unpaired) electrons. The standard InChI is InChI=1S/C18H24N2O/c1-14(2)11-19-18(21)13-20(3)12-15-8-9-16-6-4-5-7-17(16)10-15/h4-10,14H,11-13H2,1-3H3,(H,19,21)/p+1. The molecule has 2 N–H and O–H groups in total. The molecule has 2 aromatic rings. The number of nitrogens with one attached hydrogen (secondary N) is 2. The van der Waals surface area contributed by atoms with Crippen molar-refractivity contribution in [2.75, 3.05) is 20.1 Å². The predicted molar refractivity (Wildman–Crippen MR) is 87.3 cm³/mol. The first kappa shape index (κ1) is 15.5. The quantitative estimate of drug-likeness (QED) is 0.831. The second-order valence-corrected chi connectivity index (χ2v) is 6.19. The van der Waals surface area contributed by atoms with Crippen LogP contribution < -0.4 is 10.2 Å². The molecular weight excluding hydrogens is 260 g/mol. The van der Waals surface area contributed by atoms with Crippen molar-refractivity contribution in [1.82, 2.24) is 5.32 Å². The van der Waals surface area contributed by atoms with E-state index in [1.165, 1.54) is 21.2 Å². The molecule has 2 rings (SSSR count). The van der Waals surface area contributed by atoms with E-state index in [4.69, 9.17) is 0 Å². The van der Waals surface area contributed by atoms with Gasteiger partial charge in [0.05, 0.1) is 7.05 Å². The Morgan fingerprint density at radius 1 is 1.14 bits per heavy atom. The van der Waals surface area contributed by atoms with Crippen molar-refractivity contribution >= 4 is 16.7 Å². The van der Waals surface area contributed by atoms with Gasteiger partial charge in [-0.05, 0) is 22.8 Å². The summed E-state index contributed by atoms with van der Waals surface area (Å²) in [7, 11) is 2.06. The van der Waals surface area contributed by atoms with Crippen LogP contribution >= 0.6 is 0 Å². The van der Waals surface area contributed by atoms with Crippen molar-refractivity contribution in [2.45, 2.75) is 20.4 Å². The third-order valence-electron chi connectivity index (χ3n) is 3.49. The van der Waals surface area contributed by atoms with Gasteiger partial charge in [-0.15, -0.1) is 0 Å². The minimum atomic E-state index is 0.127. The Labute approximate surface area is 127 Å². The number of fused-ring (bicyclic) bond motifs is 1. The van der Waals surface area contributed by atoms with E-state index in [1.807, 2.05) is 0 Å². The summed E-state index contributed by atoms with van der Waals surface area (Å²) >= 11 is 0. The summed E-state index contributed by atoms with van der Waals surface area (Å²) in [5.41, 5.74) is 1.27. The zero-order valence-corrected chi connectivity index (χ0v) is 13.1. The molecule has 3 nitrogen and oxygen atoms in total. The second kappa shape index (κ2) is 7.23. The highest BCUT2D eigenvalue weighted by molar-refractivity contribution is 5.83. The Balaban J connectivity index is 1.91. The SMILES string of the molecule is CC(C)CNC(=O)C[NH+](C)Cc1ccc2ccccc2c1. The molecule has 0 heterocycles. The molecule has 0 aliphatic rings. The average Bonchev–Trinajstić information content (AvgIpc) is 2.45. The minimum Gasteiger partial charge on any atom is -0.351 e. The third-order valence-corrected chi connectivity index (χ3v) is 3.49. The number of carbonyl (C=O) groups is 1. The van der Waals surface area contributed by atoms with Gasteiger partial charge in [0.2, 0.25) is 0 Å². The molecule has 1 amide bonds. The molecule has 0 aliphatic heterocycles. The average molecular weight is 285 g/mol. The van der Waals surface area contributed by atoms with Gasteiger partial charge >= 0.3 is 0 Å². The maximum Gasteiger partial charge on any atom is 0.275 e. The highest BCUT2D eigenvalue weighted by Crippen LogP contribution is 2.14. The third kappa shape index (κ3) is 4.87. The minimum absolute atomic E-state index is 0.127. The Morgan fingerprint density at radius 2 is 1.86 bits per heavy atom. The lowest BCUT2D eigenvalue weighted by molar-refractivity contribution is -0.885. The molecular formula is C18H25N2O+. The van der Waals surface area contributed by atoms with Crippen molar-refractivity contribution in [2.24, 2.45) is 5.92 Å². The Kier molecular flexibility index (Phi) is 5.34. The number of carbonyl (C=O) groups excluding carboxylic acids is 1. The number of amides is 1. The van der Waals surface area contributed by atoms with Gasteiger partial charge in [0.1, 0.15) is 6.54 Å². The van der Waals surface area contributed by atoms with E-state index in [0.717, 1.165) is 13.1 Å². The highest BCUT2D eigenvalue weighted by Gasteiger charge is 2.10. The van der Waals surface area contributed by atoms with Gasteiger partial charge in [-0.2, -0.15) is 0 Å². The van der Waals surface area contributed by atoms with Crippen LogP contribution in [0.5, 0.6) is 0 Å². The largest absolute Gasteiger partial charge is 0.351 e. The molecule has 112 valence electrons. The summed E-state index contributed by atoms with van der Waals surface area (Å²) < 4.78 is 0. The molecule has 21 heavy (non-hydrogen) atoms.